The standard InChI is InChI=1S/C10H16N2O3S/c1-14-8(15-2)6-12-10(13)9(11)7-4-3-5-16-7/h3-5,8-9H,6,11H2,1-2H3,(H,12,13). The van der Waals surface area contributed by atoms with E-state index in [9.17, 15) is 4.79 Å². The van der Waals surface area contributed by atoms with Crippen LogP contribution >= 0.6 is 11.3 Å². The minimum absolute atomic E-state index is 0.235. The number of thiophene rings is 1. The SMILES string of the molecule is COC(CNC(=O)C(N)c1cccs1)OC. The predicted octanol–water partition coefficient (Wildman–Crippen LogP) is 0.483. The molecule has 1 aromatic rings. The van der Waals surface area contributed by atoms with E-state index in [1.165, 1.54) is 25.6 Å². The molecule has 0 bridgehead atoms. The van der Waals surface area contributed by atoms with E-state index >= 15 is 0 Å². The molecule has 0 aliphatic carbocycles. The smallest absolute Gasteiger partial charge is 0.242 e. The van der Waals surface area contributed by atoms with E-state index in [1.807, 2.05) is 17.5 Å². The summed E-state index contributed by atoms with van der Waals surface area (Å²) in [5.74, 6) is -0.235. The van der Waals surface area contributed by atoms with Crippen LogP contribution in [0.5, 0.6) is 0 Å². The van der Waals surface area contributed by atoms with Crippen molar-refractivity contribution in [2.75, 3.05) is 20.8 Å². The van der Waals surface area contributed by atoms with Crippen LogP contribution < -0.4 is 11.1 Å². The Balaban J connectivity index is 2.41. The number of ether oxygens (including phenoxy) is 2. The summed E-state index contributed by atoms with van der Waals surface area (Å²) < 4.78 is 9.89. The molecule has 0 radical (unpaired) electrons. The Bertz CT molecular complexity index is 312. The zero-order chi connectivity index (χ0) is 12.0. The third-order valence-corrected chi connectivity index (χ3v) is 3.06. The second-order valence-corrected chi connectivity index (χ2v) is 4.12. The Kier molecular flexibility index (Phi) is 5.41. The average Bonchev–Trinajstić information content (AvgIpc) is 2.82. The van der Waals surface area contributed by atoms with E-state index < -0.39 is 12.3 Å². The number of rotatable bonds is 6. The van der Waals surface area contributed by atoms with E-state index in [1.54, 1.807) is 0 Å². The number of hydrogen-bond donors (Lipinski definition) is 2. The number of amides is 1. The summed E-state index contributed by atoms with van der Waals surface area (Å²) in [5.41, 5.74) is 5.77. The van der Waals surface area contributed by atoms with Crippen molar-refractivity contribution in [3.63, 3.8) is 0 Å². The first-order chi connectivity index (χ1) is 7.69. The van der Waals surface area contributed by atoms with Gasteiger partial charge in [0.2, 0.25) is 5.91 Å². The molecule has 1 heterocycles. The van der Waals surface area contributed by atoms with E-state index in [4.69, 9.17) is 15.2 Å². The van der Waals surface area contributed by atoms with Crippen LogP contribution in [-0.2, 0) is 14.3 Å². The Hall–Kier alpha value is -0.950. The predicted molar refractivity (Wildman–Crippen MR) is 62.1 cm³/mol. The van der Waals surface area contributed by atoms with Crippen molar-refractivity contribution in [3.05, 3.63) is 22.4 Å². The maximum Gasteiger partial charge on any atom is 0.242 e. The minimum atomic E-state index is -0.630. The normalized spacial score (nSPS) is 12.8. The maximum atomic E-state index is 11.6. The van der Waals surface area contributed by atoms with Crippen molar-refractivity contribution >= 4 is 17.2 Å². The van der Waals surface area contributed by atoms with Crippen LogP contribution in [0.2, 0.25) is 0 Å². The molecule has 1 rings (SSSR count). The fourth-order valence-corrected chi connectivity index (χ4v) is 1.88. The van der Waals surface area contributed by atoms with Gasteiger partial charge in [-0.15, -0.1) is 11.3 Å². The molecule has 90 valence electrons. The first kappa shape index (κ1) is 13.1. The zero-order valence-electron chi connectivity index (χ0n) is 9.30. The Morgan fingerprint density at radius 3 is 2.75 bits per heavy atom. The van der Waals surface area contributed by atoms with Gasteiger partial charge in [-0.1, -0.05) is 6.07 Å². The highest BCUT2D eigenvalue weighted by Gasteiger charge is 2.17. The van der Waals surface area contributed by atoms with Gasteiger partial charge in [-0.05, 0) is 11.4 Å². The van der Waals surface area contributed by atoms with Crippen LogP contribution in [0, 0.1) is 0 Å². The zero-order valence-corrected chi connectivity index (χ0v) is 10.1. The fourth-order valence-electron chi connectivity index (χ4n) is 1.15. The van der Waals surface area contributed by atoms with Crippen LogP contribution in [0.4, 0.5) is 0 Å². The van der Waals surface area contributed by atoms with Gasteiger partial charge >= 0.3 is 0 Å². The highest BCUT2D eigenvalue weighted by Crippen LogP contribution is 2.16. The Morgan fingerprint density at radius 2 is 2.25 bits per heavy atom. The van der Waals surface area contributed by atoms with Crippen molar-refractivity contribution in [1.82, 2.24) is 5.32 Å². The molecule has 1 unspecified atom stereocenters. The molecular formula is C10H16N2O3S. The van der Waals surface area contributed by atoms with E-state index in [-0.39, 0.29) is 12.5 Å². The lowest BCUT2D eigenvalue weighted by Crippen LogP contribution is -2.39. The van der Waals surface area contributed by atoms with Gasteiger partial charge in [-0.3, -0.25) is 4.79 Å². The average molecular weight is 244 g/mol. The number of carbonyl (C=O) groups is 1. The van der Waals surface area contributed by atoms with Crippen molar-refractivity contribution in [2.24, 2.45) is 5.73 Å². The first-order valence-corrected chi connectivity index (χ1v) is 5.69. The molecule has 0 aliphatic rings. The van der Waals surface area contributed by atoms with Gasteiger partial charge in [0.05, 0.1) is 6.54 Å². The van der Waals surface area contributed by atoms with Gasteiger partial charge in [-0.2, -0.15) is 0 Å². The maximum absolute atomic E-state index is 11.6. The van der Waals surface area contributed by atoms with Crippen LogP contribution in [0.1, 0.15) is 10.9 Å². The second-order valence-electron chi connectivity index (χ2n) is 3.14. The van der Waals surface area contributed by atoms with Crippen molar-refractivity contribution in [3.8, 4) is 0 Å². The van der Waals surface area contributed by atoms with Crippen LogP contribution in [0.25, 0.3) is 0 Å². The number of hydrogen-bond acceptors (Lipinski definition) is 5. The molecule has 1 aromatic heterocycles. The van der Waals surface area contributed by atoms with Gasteiger partial charge in [0, 0.05) is 19.1 Å². The molecule has 0 aromatic carbocycles. The molecule has 5 nitrogen and oxygen atoms in total. The van der Waals surface area contributed by atoms with Crippen LogP contribution in [0.15, 0.2) is 17.5 Å². The molecular weight excluding hydrogens is 228 g/mol. The highest BCUT2D eigenvalue weighted by molar-refractivity contribution is 7.10. The molecule has 0 aliphatic heterocycles. The third kappa shape index (κ3) is 3.57. The van der Waals surface area contributed by atoms with Gasteiger partial charge in [0.15, 0.2) is 6.29 Å². The van der Waals surface area contributed by atoms with Gasteiger partial charge in [0.1, 0.15) is 6.04 Å². The first-order valence-electron chi connectivity index (χ1n) is 4.81. The lowest BCUT2D eigenvalue weighted by atomic mass is 10.2. The van der Waals surface area contributed by atoms with Gasteiger partial charge in [-0.25, -0.2) is 0 Å². The number of nitrogens with two attached hydrogens (primary N) is 1. The van der Waals surface area contributed by atoms with Crippen molar-refractivity contribution < 1.29 is 14.3 Å². The number of carbonyl (C=O) groups excluding carboxylic acids is 1. The van der Waals surface area contributed by atoms with E-state index in [2.05, 4.69) is 5.32 Å². The summed E-state index contributed by atoms with van der Waals surface area (Å²) in [5, 5.41) is 4.55. The molecule has 3 N–H and O–H groups in total. The fraction of sp³-hybridized carbons (Fsp3) is 0.500. The van der Waals surface area contributed by atoms with Crippen LogP contribution in [-0.4, -0.2) is 33.0 Å². The third-order valence-electron chi connectivity index (χ3n) is 2.10. The summed E-state index contributed by atoms with van der Waals surface area (Å²) >= 11 is 1.46. The van der Waals surface area contributed by atoms with Gasteiger partial charge in [0.25, 0.3) is 0 Å². The lowest BCUT2D eigenvalue weighted by Gasteiger charge is -2.16. The molecule has 0 spiro atoms. The molecule has 1 atom stereocenters. The lowest BCUT2D eigenvalue weighted by molar-refractivity contribution is -0.128. The molecule has 16 heavy (non-hydrogen) atoms. The summed E-state index contributed by atoms with van der Waals surface area (Å²) in [4.78, 5) is 12.5. The number of nitrogens with one attached hydrogen (secondary N) is 1. The van der Waals surface area contributed by atoms with Crippen LogP contribution in [0.3, 0.4) is 0 Å². The van der Waals surface area contributed by atoms with Crippen molar-refractivity contribution in [2.45, 2.75) is 12.3 Å². The quantitative estimate of drug-likeness (QED) is 0.714. The summed E-state index contributed by atoms with van der Waals surface area (Å²) in [6.07, 6.45) is -0.445. The summed E-state index contributed by atoms with van der Waals surface area (Å²) in [6.45, 7) is 0.283. The molecule has 0 fully saturated rings. The summed E-state index contributed by atoms with van der Waals surface area (Å²) in [7, 11) is 3.03. The monoisotopic (exact) mass is 244 g/mol. The van der Waals surface area contributed by atoms with Gasteiger partial charge < -0.3 is 20.5 Å². The molecule has 0 saturated carbocycles. The minimum Gasteiger partial charge on any atom is -0.354 e. The Labute approximate surface area is 98.5 Å². The summed E-state index contributed by atoms with van der Waals surface area (Å²) in [6, 6.07) is 3.06. The molecule has 0 saturated heterocycles. The van der Waals surface area contributed by atoms with E-state index in [0.29, 0.717) is 0 Å². The topological polar surface area (TPSA) is 73.6 Å². The van der Waals surface area contributed by atoms with E-state index in [0.717, 1.165) is 4.88 Å². The highest BCUT2D eigenvalue weighted by atomic mass is 32.1. The largest absolute Gasteiger partial charge is 0.354 e. The second kappa shape index (κ2) is 6.59. The molecule has 1 amide bonds. The number of methoxy groups -OCH3 is 2. The Morgan fingerprint density at radius 1 is 1.56 bits per heavy atom. The molecule has 6 heteroatoms. The van der Waals surface area contributed by atoms with Crippen molar-refractivity contribution in [1.29, 1.82) is 0 Å².